The minimum Gasteiger partial charge on any atom is -0.480 e. The summed E-state index contributed by atoms with van der Waals surface area (Å²) in [6.45, 7) is 1.23. The van der Waals surface area contributed by atoms with Crippen LogP contribution in [0.1, 0.15) is 12.8 Å². The second-order valence-electron chi connectivity index (χ2n) is 2.85. The predicted octanol–water partition coefficient (Wildman–Crippen LogP) is -0.0414. The van der Waals surface area contributed by atoms with Gasteiger partial charge in [0.2, 0.25) is 0 Å². The molecule has 0 aromatic carbocycles. The van der Waals surface area contributed by atoms with E-state index < -0.39 is 11.9 Å². The van der Waals surface area contributed by atoms with Crippen LogP contribution in [0.4, 0.5) is 0 Å². The summed E-state index contributed by atoms with van der Waals surface area (Å²) in [6, 6.07) is 0. The highest BCUT2D eigenvalue weighted by molar-refractivity contribution is 5.85. The van der Waals surface area contributed by atoms with Gasteiger partial charge in [-0.15, -0.1) is 24.8 Å². The molecule has 0 amide bonds. The van der Waals surface area contributed by atoms with Crippen molar-refractivity contribution in [3.05, 3.63) is 0 Å². The molecule has 0 spiro atoms. The van der Waals surface area contributed by atoms with Crippen LogP contribution in [0.25, 0.3) is 0 Å². The zero-order valence-corrected chi connectivity index (χ0v) is 10.4. The van der Waals surface area contributed by atoms with E-state index in [-0.39, 0.29) is 37.9 Å². The van der Waals surface area contributed by atoms with E-state index in [1.54, 1.807) is 0 Å². The van der Waals surface area contributed by atoms with Gasteiger partial charge in [-0.3, -0.25) is 9.59 Å². The maximum absolute atomic E-state index is 10.1. The SMILES string of the molecule is Cl.Cl.O=C(O)CNCCCCNCC(=O)O. The van der Waals surface area contributed by atoms with Gasteiger partial charge in [0.15, 0.2) is 0 Å². The Morgan fingerprint density at radius 3 is 1.38 bits per heavy atom. The molecule has 0 aromatic rings. The third-order valence-corrected chi connectivity index (χ3v) is 1.51. The molecule has 0 aromatic heterocycles. The van der Waals surface area contributed by atoms with Crippen molar-refractivity contribution in [3.8, 4) is 0 Å². The Balaban J connectivity index is -0.000000845. The standard InChI is InChI=1S/C8H16N2O4.2ClH/c11-7(12)5-9-3-1-2-4-10-6-8(13)14;;/h9-10H,1-6H2,(H,11,12)(H,13,14);2*1H. The molecule has 0 unspecified atom stereocenters. The number of carbonyl (C=O) groups is 2. The summed E-state index contributed by atoms with van der Waals surface area (Å²) < 4.78 is 0. The Labute approximate surface area is 107 Å². The highest BCUT2D eigenvalue weighted by atomic mass is 35.5. The lowest BCUT2D eigenvalue weighted by Gasteiger charge is -2.02. The van der Waals surface area contributed by atoms with Crippen LogP contribution in [-0.4, -0.2) is 48.3 Å². The maximum Gasteiger partial charge on any atom is 0.317 e. The van der Waals surface area contributed by atoms with E-state index in [0.29, 0.717) is 13.1 Å². The average Bonchev–Trinajstić information content (AvgIpc) is 2.08. The third-order valence-electron chi connectivity index (χ3n) is 1.51. The summed E-state index contributed by atoms with van der Waals surface area (Å²) in [5.41, 5.74) is 0. The Kier molecular flexibility index (Phi) is 18.8. The van der Waals surface area contributed by atoms with Gasteiger partial charge in [0, 0.05) is 0 Å². The number of hydrogen-bond donors (Lipinski definition) is 4. The molecule has 16 heavy (non-hydrogen) atoms. The Morgan fingerprint density at radius 2 is 1.12 bits per heavy atom. The number of halogens is 2. The molecule has 0 bridgehead atoms. The molecule has 0 aliphatic carbocycles. The molecular weight excluding hydrogens is 259 g/mol. The molecule has 8 heteroatoms. The Morgan fingerprint density at radius 1 is 0.812 bits per heavy atom. The molecule has 6 nitrogen and oxygen atoms in total. The van der Waals surface area contributed by atoms with Crippen molar-refractivity contribution in [1.29, 1.82) is 0 Å². The van der Waals surface area contributed by atoms with Gasteiger partial charge in [-0.2, -0.15) is 0 Å². The third kappa shape index (κ3) is 19.1. The second kappa shape index (κ2) is 14.4. The van der Waals surface area contributed by atoms with Crippen LogP contribution in [0.3, 0.4) is 0 Å². The highest BCUT2D eigenvalue weighted by Crippen LogP contribution is 1.83. The first kappa shape index (κ1) is 20.8. The fraction of sp³-hybridized carbons (Fsp3) is 0.750. The lowest BCUT2D eigenvalue weighted by Crippen LogP contribution is -2.26. The number of nitrogens with one attached hydrogen (secondary N) is 2. The molecule has 0 atom stereocenters. The molecule has 0 fully saturated rings. The second-order valence-corrected chi connectivity index (χ2v) is 2.85. The number of carboxylic acids is 2. The van der Waals surface area contributed by atoms with E-state index in [1.807, 2.05) is 0 Å². The topological polar surface area (TPSA) is 98.7 Å². The van der Waals surface area contributed by atoms with Crippen molar-refractivity contribution < 1.29 is 19.8 Å². The Bertz CT molecular complexity index is 173. The summed E-state index contributed by atoms with van der Waals surface area (Å²) in [6.07, 6.45) is 1.67. The molecule has 0 saturated carbocycles. The van der Waals surface area contributed by atoms with Crippen LogP contribution in [0, 0.1) is 0 Å². The zero-order valence-electron chi connectivity index (χ0n) is 8.77. The fourth-order valence-corrected chi connectivity index (χ4v) is 0.891. The molecule has 0 aliphatic rings. The van der Waals surface area contributed by atoms with Gasteiger partial charge in [-0.25, -0.2) is 0 Å². The summed E-state index contributed by atoms with van der Waals surface area (Å²) in [4.78, 5) is 20.1. The summed E-state index contributed by atoms with van der Waals surface area (Å²) in [5.74, 6) is -1.73. The van der Waals surface area contributed by atoms with E-state index in [1.165, 1.54) is 0 Å². The van der Waals surface area contributed by atoms with Crippen LogP contribution >= 0.6 is 24.8 Å². The lowest BCUT2D eigenvalue weighted by atomic mass is 10.3. The van der Waals surface area contributed by atoms with Gasteiger partial charge in [-0.1, -0.05) is 0 Å². The predicted molar refractivity (Wildman–Crippen MR) is 64.7 cm³/mol. The van der Waals surface area contributed by atoms with Gasteiger partial charge in [0.1, 0.15) is 0 Å². The molecule has 0 rings (SSSR count). The molecule has 0 radical (unpaired) electrons. The van der Waals surface area contributed by atoms with E-state index in [2.05, 4.69) is 10.6 Å². The average molecular weight is 277 g/mol. The number of carboxylic acid groups (broad SMARTS) is 2. The molecule has 4 N–H and O–H groups in total. The summed E-state index contributed by atoms with van der Waals surface area (Å²) >= 11 is 0. The molecule has 0 heterocycles. The van der Waals surface area contributed by atoms with E-state index in [4.69, 9.17) is 10.2 Å². The van der Waals surface area contributed by atoms with Crippen LogP contribution < -0.4 is 10.6 Å². The van der Waals surface area contributed by atoms with Gasteiger partial charge >= 0.3 is 11.9 Å². The van der Waals surface area contributed by atoms with Crippen molar-refractivity contribution in [3.63, 3.8) is 0 Å². The highest BCUT2D eigenvalue weighted by Gasteiger charge is 1.96. The van der Waals surface area contributed by atoms with Gasteiger partial charge in [0.25, 0.3) is 0 Å². The van der Waals surface area contributed by atoms with Crippen molar-refractivity contribution in [1.82, 2.24) is 10.6 Å². The van der Waals surface area contributed by atoms with E-state index in [9.17, 15) is 9.59 Å². The fourth-order valence-electron chi connectivity index (χ4n) is 0.891. The van der Waals surface area contributed by atoms with Crippen LogP contribution in [0.2, 0.25) is 0 Å². The summed E-state index contributed by atoms with van der Waals surface area (Å²) in [5, 5.41) is 22.0. The number of rotatable bonds is 9. The van der Waals surface area contributed by atoms with Crippen molar-refractivity contribution >= 4 is 36.8 Å². The van der Waals surface area contributed by atoms with Crippen molar-refractivity contribution in [2.24, 2.45) is 0 Å². The number of unbranched alkanes of at least 4 members (excludes halogenated alkanes) is 1. The normalized spacial score (nSPS) is 8.75. The number of hydrogen-bond acceptors (Lipinski definition) is 4. The lowest BCUT2D eigenvalue weighted by molar-refractivity contribution is -0.137. The first-order valence-electron chi connectivity index (χ1n) is 4.48. The van der Waals surface area contributed by atoms with Crippen LogP contribution in [-0.2, 0) is 9.59 Å². The monoisotopic (exact) mass is 276 g/mol. The van der Waals surface area contributed by atoms with Gasteiger partial charge < -0.3 is 20.8 Å². The van der Waals surface area contributed by atoms with Crippen LogP contribution in [0.15, 0.2) is 0 Å². The quantitative estimate of drug-likeness (QED) is 0.441. The van der Waals surface area contributed by atoms with Crippen molar-refractivity contribution in [2.45, 2.75) is 12.8 Å². The molecular formula is C8H18Cl2N2O4. The number of aliphatic carboxylic acids is 2. The van der Waals surface area contributed by atoms with E-state index in [0.717, 1.165) is 12.8 Å². The van der Waals surface area contributed by atoms with E-state index >= 15 is 0 Å². The first-order valence-corrected chi connectivity index (χ1v) is 4.48. The largest absolute Gasteiger partial charge is 0.480 e. The minimum absolute atomic E-state index is 0. The zero-order chi connectivity index (χ0) is 10.8. The Hall–Kier alpha value is -0.560. The van der Waals surface area contributed by atoms with Crippen molar-refractivity contribution in [2.75, 3.05) is 26.2 Å². The molecule has 0 aliphatic heterocycles. The molecule has 0 saturated heterocycles. The first-order chi connectivity index (χ1) is 6.63. The summed E-state index contributed by atoms with van der Waals surface area (Å²) in [7, 11) is 0. The minimum atomic E-state index is -0.867. The maximum atomic E-state index is 10.1. The van der Waals surface area contributed by atoms with Crippen LogP contribution in [0.5, 0.6) is 0 Å². The molecule has 98 valence electrons. The smallest absolute Gasteiger partial charge is 0.317 e. The van der Waals surface area contributed by atoms with Gasteiger partial charge in [0.05, 0.1) is 13.1 Å². The van der Waals surface area contributed by atoms with Gasteiger partial charge in [-0.05, 0) is 25.9 Å².